The van der Waals surface area contributed by atoms with Gasteiger partial charge in [0.2, 0.25) is 5.91 Å². The molecule has 1 fully saturated rings. The summed E-state index contributed by atoms with van der Waals surface area (Å²) in [6.07, 6.45) is 1.30. The first-order valence-electron chi connectivity index (χ1n) is 7.87. The van der Waals surface area contributed by atoms with Crippen LogP contribution in [-0.2, 0) is 9.53 Å². The number of methoxy groups -OCH3 is 2. The molecule has 1 aromatic carbocycles. The standard InChI is InChI=1S/C17H26N2O4.ClH/c1-12(14-10-13(21-2)4-5-15(14)22-3)19-16(20)17(11-18)6-8-23-9-7-17;/h4-5,10,12H,6-9,11,18H2,1-3H3,(H,19,20);1H. The summed E-state index contributed by atoms with van der Waals surface area (Å²) in [5, 5.41) is 3.07. The maximum absolute atomic E-state index is 12.8. The molecule has 6 nitrogen and oxygen atoms in total. The summed E-state index contributed by atoms with van der Waals surface area (Å²) in [7, 11) is 3.22. The zero-order chi connectivity index (χ0) is 16.9. The van der Waals surface area contributed by atoms with E-state index >= 15 is 0 Å². The van der Waals surface area contributed by atoms with E-state index < -0.39 is 5.41 Å². The lowest BCUT2D eigenvalue weighted by Crippen LogP contribution is -2.49. The third kappa shape index (κ3) is 4.32. The minimum absolute atomic E-state index is 0. The molecule has 2 rings (SSSR count). The highest BCUT2D eigenvalue weighted by molar-refractivity contribution is 5.85. The van der Waals surface area contributed by atoms with Crippen molar-refractivity contribution in [3.05, 3.63) is 23.8 Å². The Morgan fingerprint density at radius 2 is 2.00 bits per heavy atom. The second kappa shape index (κ2) is 9.11. The fourth-order valence-electron chi connectivity index (χ4n) is 2.89. The Bertz CT molecular complexity index is 547. The van der Waals surface area contributed by atoms with E-state index in [0.29, 0.717) is 38.3 Å². The van der Waals surface area contributed by atoms with Crippen molar-refractivity contribution in [1.29, 1.82) is 0 Å². The highest BCUT2D eigenvalue weighted by atomic mass is 35.5. The summed E-state index contributed by atoms with van der Waals surface area (Å²) < 4.78 is 16.0. The Labute approximate surface area is 149 Å². The van der Waals surface area contributed by atoms with Crippen molar-refractivity contribution in [1.82, 2.24) is 5.32 Å². The van der Waals surface area contributed by atoms with Crippen molar-refractivity contribution in [3.63, 3.8) is 0 Å². The highest BCUT2D eigenvalue weighted by Gasteiger charge is 2.39. The summed E-state index contributed by atoms with van der Waals surface area (Å²) in [5.74, 6) is 1.41. The van der Waals surface area contributed by atoms with Crippen molar-refractivity contribution in [2.75, 3.05) is 34.0 Å². The molecule has 0 radical (unpaired) electrons. The lowest BCUT2D eigenvalue weighted by atomic mass is 9.79. The molecule has 0 bridgehead atoms. The highest BCUT2D eigenvalue weighted by Crippen LogP contribution is 2.33. The predicted octanol–water partition coefficient (Wildman–Crippen LogP) is 2.06. The van der Waals surface area contributed by atoms with Crippen LogP contribution in [0.1, 0.15) is 31.4 Å². The Hall–Kier alpha value is -1.50. The smallest absolute Gasteiger partial charge is 0.228 e. The number of ether oxygens (including phenoxy) is 3. The first-order chi connectivity index (χ1) is 11.1. The van der Waals surface area contributed by atoms with Crippen molar-refractivity contribution in [3.8, 4) is 11.5 Å². The Balaban J connectivity index is 0.00000288. The van der Waals surface area contributed by atoms with Crippen molar-refractivity contribution < 1.29 is 19.0 Å². The predicted molar refractivity (Wildman–Crippen MR) is 94.9 cm³/mol. The van der Waals surface area contributed by atoms with E-state index in [1.54, 1.807) is 14.2 Å². The van der Waals surface area contributed by atoms with Crippen LogP contribution in [0.2, 0.25) is 0 Å². The van der Waals surface area contributed by atoms with E-state index in [1.807, 2.05) is 25.1 Å². The number of carbonyl (C=O) groups is 1. The molecular formula is C17H27ClN2O4. The summed E-state index contributed by atoms with van der Waals surface area (Å²) in [4.78, 5) is 12.8. The minimum atomic E-state index is -0.543. The summed E-state index contributed by atoms with van der Waals surface area (Å²) >= 11 is 0. The van der Waals surface area contributed by atoms with Crippen LogP contribution in [0.5, 0.6) is 11.5 Å². The first kappa shape index (κ1) is 20.5. The van der Waals surface area contributed by atoms with E-state index in [0.717, 1.165) is 11.3 Å². The molecule has 1 aliphatic heterocycles. The lowest BCUT2D eigenvalue weighted by molar-refractivity contribution is -0.136. The molecule has 1 saturated heterocycles. The number of rotatable bonds is 6. The number of halogens is 1. The molecule has 0 spiro atoms. The third-order valence-electron chi connectivity index (χ3n) is 4.57. The molecule has 0 aromatic heterocycles. The molecule has 0 saturated carbocycles. The van der Waals surface area contributed by atoms with Gasteiger partial charge in [-0.05, 0) is 38.0 Å². The molecule has 0 aliphatic carbocycles. The normalized spacial score (nSPS) is 17.3. The van der Waals surface area contributed by atoms with Gasteiger partial charge in [-0.2, -0.15) is 0 Å². The molecular weight excluding hydrogens is 332 g/mol. The molecule has 1 atom stereocenters. The van der Waals surface area contributed by atoms with Gasteiger partial charge in [-0.15, -0.1) is 12.4 Å². The number of hydrogen-bond donors (Lipinski definition) is 2. The number of nitrogens with two attached hydrogens (primary N) is 1. The van der Waals surface area contributed by atoms with Crippen LogP contribution in [0.15, 0.2) is 18.2 Å². The molecule has 24 heavy (non-hydrogen) atoms. The van der Waals surface area contributed by atoms with Gasteiger partial charge in [0.15, 0.2) is 0 Å². The number of benzene rings is 1. The first-order valence-corrected chi connectivity index (χ1v) is 7.87. The maximum atomic E-state index is 12.8. The monoisotopic (exact) mass is 358 g/mol. The van der Waals surface area contributed by atoms with Gasteiger partial charge < -0.3 is 25.3 Å². The van der Waals surface area contributed by atoms with Gasteiger partial charge in [-0.1, -0.05) is 0 Å². The fraction of sp³-hybridized carbons (Fsp3) is 0.588. The second-order valence-electron chi connectivity index (χ2n) is 5.90. The van der Waals surface area contributed by atoms with E-state index in [9.17, 15) is 4.79 Å². The molecule has 1 unspecified atom stereocenters. The molecule has 136 valence electrons. The fourth-order valence-corrected chi connectivity index (χ4v) is 2.89. The van der Waals surface area contributed by atoms with Gasteiger partial charge in [0.25, 0.3) is 0 Å². The van der Waals surface area contributed by atoms with Crippen LogP contribution >= 0.6 is 12.4 Å². The minimum Gasteiger partial charge on any atom is -0.497 e. The summed E-state index contributed by atoms with van der Waals surface area (Å²) in [6.45, 7) is 3.39. The number of amides is 1. The third-order valence-corrected chi connectivity index (χ3v) is 4.57. The van der Waals surface area contributed by atoms with E-state index in [4.69, 9.17) is 19.9 Å². The number of hydrogen-bond acceptors (Lipinski definition) is 5. The van der Waals surface area contributed by atoms with E-state index in [1.165, 1.54) is 0 Å². The molecule has 7 heteroatoms. The summed E-state index contributed by atoms with van der Waals surface area (Å²) in [5.41, 5.74) is 6.23. The van der Waals surface area contributed by atoms with Gasteiger partial charge >= 0.3 is 0 Å². The van der Waals surface area contributed by atoms with Gasteiger partial charge in [-0.3, -0.25) is 4.79 Å². The van der Waals surface area contributed by atoms with Crippen LogP contribution in [0.25, 0.3) is 0 Å². The number of nitrogens with one attached hydrogen (secondary N) is 1. The summed E-state index contributed by atoms with van der Waals surface area (Å²) in [6, 6.07) is 5.34. The van der Waals surface area contributed by atoms with Crippen LogP contribution in [0, 0.1) is 5.41 Å². The zero-order valence-electron chi connectivity index (χ0n) is 14.5. The maximum Gasteiger partial charge on any atom is 0.228 e. The Kier molecular flexibility index (Phi) is 7.79. The van der Waals surface area contributed by atoms with Crippen LogP contribution in [0.3, 0.4) is 0 Å². The van der Waals surface area contributed by atoms with E-state index in [2.05, 4.69) is 5.32 Å². The Morgan fingerprint density at radius 3 is 2.54 bits per heavy atom. The van der Waals surface area contributed by atoms with Gasteiger partial charge in [0, 0.05) is 25.3 Å². The SMILES string of the molecule is COc1ccc(OC)c(C(C)NC(=O)C2(CN)CCOCC2)c1.Cl. The average molecular weight is 359 g/mol. The van der Waals surface area contributed by atoms with Crippen LogP contribution in [0.4, 0.5) is 0 Å². The molecule has 1 heterocycles. The van der Waals surface area contributed by atoms with Crippen molar-refractivity contribution in [2.45, 2.75) is 25.8 Å². The van der Waals surface area contributed by atoms with E-state index in [-0.39, 0.29) is 24.4 Å². The van der Waals surface area contributed by atoms with Gasteiger partial charge in [-0.25, -0.2) is 0 Å². The molecule has 1 aliphatic rings. The molecule has 1 aromatic rings. The average Bonchev–Trinajstić information content (AvgIpc) is 2.61. The van der Waals surface area contributed by atoms with Gasteiger partial charge in [0.1, 0.15) is 11.5 Å². The van der Waals surface area contributed by atoms with Crippen LogP contribution in [-0.4, -0.2) is 39.9 Å². The zero-order valence-corrected chi connectivity index (χ0v) is 15.3. The second-order valence-corrected chi connectivity index (χ2v) is 5.90. The molecule has 1 amide bonds. The van der Waals surface area contributed by atoms with Crippen molar-refractivity contribution >= 4 is 18.3 Å². The largest absolute Gasteiger partial charge is 0.497 e. The van der Waals surface area contributed by atoms with Gasteiger partial charge in [0.05, 0.1) is 25.7 Å². The van der Waals surface area contributed by atoms with Crippen LogP contribution < -0.4 is 20.5 Å². The lowest BCUT2D eigenvalue weighted by Gasteiger charge is -2.35. The number of carbonyl (C=O) groups excluding carboxylic acids is 1. The Morgan fingerprint density at radius 1 is 1.33 bits per heavy atom. The molecule has 3 N–H and O–H groups in total. The topological polar surface area (TPSA) is 82.8 Å². The quantitative estimate of drug-likeness (QED) is 0.813. The van der Waals surface area contributed by atoms with Crippen molar-refractivity contribution in [2.24, 2.45) is 11.1 Å².